The molecule has 0 radical (unpaired) electrons. The SMILES string of the molecule is CCc1nccn1Cc1cnc(Cl)cc1Cl. The molecule has 0 aromatic carbocycles. The van der Waals surface area contributed by atoms with E-state index in [1.165, 1.54) is 0 Å². The normalized spacial score (nSPS) is 10.7. The summed E-state index contributed by atoms with van der Waals surface area (Å²) >= 11 is 11.8. The number of aromatic nitrogens is 3. The summed E-state index contributed by atoms with van der Waals surface area (Å²) in [5.41, 5.74) is 0.943. The van der Waals surface area contributed by atoms with Gasteiger partial charge in [0.05, 0.1) is 11.6 Å². The molecule has 16 heavy (non-hydrogen) atoms. The molecule has 0 atom stereocenters. The molecule has 2 heterocycles. The molecule has 2 rings (SSSR count). The highest BCUT2D eigenvalue weighted by Crippen LogP contribution is 2.19. The van der Waals surface area contributed by atoms with E-state index in [4.69, 9.17) is 23.2 Å². The van der Waals surface area contributed by atoms with Crippen LogP contribution in [-0.2, 0) is 13.0 Å². The van der Waals surface area contributed by atoms with E-state index in [0.717, 1.165) is 17.8 Å². The standard InChI is InChI=1S/C11H11Cl2N3/c1-2-11-14-3-4-16(11)7-8-6-15-10(13)5-9(8)12/h3-6H,2,7H2,1H3. The molecule has 0 aliphatic carbocycles. The van der Waals surface area contributed by atoms with Gasteiger partial charge in [0.25, 0.3) is 0 Å². The Bertz CT molecular complexity index is 494. The fraction of sp³-hybridized carbons (Fsp3) is 0.273. The predicted octanol–water partition coefficient (Wildman–Crippen LogP) is 3.20. The Morgan fingerprint density at radius 3 is 2.81 bits per heavy atom. The van der Waals surface area contributed by atoms with Gasteiger partial charge < -0.3 is 4.57 Å². The van der Waals surface area contributed by atoms with Crippen molar-refractivity contribution in [3.63, 3.8) is 0 Å². The maximum absolute atomic E-state index is 6.08. The second-order valence-corrected chi connectivity index (χ2v) is 4.22. The number of rotatable bonds is 3. The summed E-state index contributed by atoms with van der Waals surface area (Å²) in [4.78, 5) is 8.27. The fourth-order valence-electron chi connectivity index (χ4n) is 1.53. The van der Waals surface area contributed by atoms with Gasteiger partial charge in [-0.3, -0.25) is 0 Å². The lowest BCUT2D eigenvalue weighted by atomic mass is 10.3. The average Bonchev–Trinajstić information content (AvgIpc) is 2.69. The van der Waals surface area contributed by atoms with E-state index in [0.29, 0.717) is 16.7 Å². The Morgan fingerprint density at radius 2 is 2.12 bits per heavy atom. The first-order valence-electron chi connectivity index (χ1n) is 5.00. The third kappa shape index (κ3) is 2.36. The summed E-state index contributed by atoms with van der Waals surface area (Å²) in [6, 6.07) is 1.65. The summed E-state index contributed by atoms with van der Waals surface area (Å²) in [5.74, 6) is 1.03. The summed E-state index contributed by atoms with van der Waals surface area (Å²) < 4.78 is 2.05. The highest BCUT2D eigenvalue weighted by molar-refractivity contribution is 6.34. The topological polar surface area (TPSA) is 30.7 Å². The van der Waals surface area contributed by atoms with E-state index in [9.17, 15) is 0 Å². The second-order valence-electron chi connectivity index (χ2n) is 3.42. The van der Waals surface area contributed by atoms with Crippen LogP contribution in [0.5, 0.6) is 0 Å². The van der Waals surface area contributed by atoms with Gasteiger partial charge in [-0.05, 0) is 6.07 Å². The summed E-state index contributed by atoms with van der Waals surface area (Å²) in [5, 5.41) is 1.05. The van der Waals surface area contributed by atoms with Crippen LogP contribution in [0.1, 0.15) is 18.3 Å². The van der Waals surface area contributed by atoms with Crippen molar-refractivity contribution in [2.45, 2.75) is 19.9 Å². The van der Waals surface area contributed by atoms with Crippen LogP contribution in [-0.4, -0.2) is 14.5 Å². The Balaban J connectivity index is 2.27. The predicted molar refractivity (Wildman–Crippen MR) is 65.0 cm³/mol. The smallest absolute Gasteiger partial charge is 0.130 e. The van der Waals surface area contributed by atoms with Gasteiger partial charge in [-0.1, -0.05) is 30.1 Å². The lowest BCUT2D eigenvalue weighted by Gasteiger charge is -2.07. The summed E-state index contributed by atoms with van der Waals surface area (Å²) in [6.07, 6.45) is 6.32. The first kappa shape index (κ1) is 11.4. The lowest BCUT2D eigenvalue weighted by molar-refractivity contribution is 0.730. The maximum atomic E-state index is 6.08. The Morgan fingerprint density at radius 1 is 1.31 bits per heavy atom. The van der Waals surface area contributed by atoms with E-state index in [2.05, 4.69) is 21.5 Å². The molecule has 0 bridgehead atoms. The first-order chi connectivity index (χ1) is 7.70. The van der Waals surface area contributed by atoms with Crippen LogP contribution < -0.4 is 0 Å². The van der Waals surface area contributed by atoms with Crippen molar-refractivity contribution in [2.24, 2.45) is 0 Å². The fourth-order valence-corrected chi connectivity index (χ4v) is 1.96. The monoisotopic (exact) mass is 255 g/mol. The number of nitrogens with zero attached hydrogens (tertiary/aromatic N) is 3. The molecule has 0 amide bonds. The van der Waals surface area contributed by atoms with E-state index in [1.807, 2.05) is 6.20 Å². The molecule has 0 fully saturated rings. The van der Waals surface area contributed by atoms with Crippen LogP contribution in [0.15, 0.2) is 24.7 Å². The molecule has 0 N–H and O–H groups in total. The molecule has 2 aromatic rings. The zero-order valence-electron chi connectivity index (χ0n) is 8.82. The van der Waals surface area contributed by atoms with E-state index in [1.54, 1.807) is 18.5 Å². The number of hydrogen-bond donors (Lipinski definition) is 0. The summed E-state index contributed by atoms with van der Waals surface area (Å²) in [6.45, 7) is 2.74. The van der Waals surface area contributed by atoms with Gasteiger partial charge in [0, 0.05) is 30.6 Å². The van der Waals surface area contributed by atoms with Crippen LogP contribution >= 0.6 is 23.2 Å². The van der Waals surface area contributed by atoms with Crippen molar-refractivity contribution in [3.05, 3.63) is 46.2 Å². The first-order valence-corrected chi connectivity index (χ1v) is 5.76. The van der Waals surface area contributed by atoms with Crippen molar-refractivity contribution in [1.29, 1.82) is 0 Å². The van der Waals surface area contributed by atoms with Crippen LogP contribution in [0, 0.1) is 0 Å². The quantitative estimate of drug-likeness (QED) is 0.789. The van der Waals surface area contributed by atoms with Crippen molar-refractivity contribution in [1.82, 2.24) is 14.5 Å². The third-order valence-corrected chi connectivity index (χ3v) is 2.91. The Labute approximate surface area is 104 Å². The molecule has 5 heteroatoms. The third-order valence-electron chi connectivity index (χ3n) is 2.35. The number of pyridine rings is 1. The molecule has 3 nitrogen and oxygen atoms in total. The Kier molecular flexibility index (Phi) is 3.46. The van der Waals surface area contributed by atoms with Gasteiger partial charge in [0.15, 0.2) is 0 Å². The highest BCUT2D eigenvalue weighted by atomic mass is 35.5. The minimum atomic E-state index is 0.412. The van der Waals surface area contributed by atoms with Crippen molar-refractivity contribution >= 4 is 23.2 Å². The van der Waals surface area contributed by atoms with Gasteiger partial charge in [0.1, 0.15) is 11.0 Å². The molecule has 84 valence electrons. The molecule has 0 spiro atoms. The average molecular weight is 256 g/mol. The summed E-state index contributed by atoms with van der Waals surface area (Å²) in [7, 11) is 0. The number of imidazole rings is 1. The van der Waals surface area contributed by atoms with Crippen molar-refractivity contribution in [3.8, 4) is 0 Å². The number of hydrogen-bond acceptors (Lipinski definition) is 2. The largest absolute Gasteiger partial charge is 0.330 e. The van der Waals surface area contributed by atoms with Gasteiger partial charge in [-0.25, -0.2) is 9.97 Å². The van der Waals surface area contributed by atoms with Gasteiger partial charge in [-0.15, -0.1) is 0 Å². The zero-order valence-corrected chi connectivity index (χ0v) is 10.3. The minimum absolute atomic E-state index is 0.412. The van der Waals surface area contributed by atoms with Crippen LogP contribution in [0.3, 0.4) is 0 Å². The highest BCUT2D eigenvalue weighted by Gasteiger charge is 2.05. The minimum Gasteiger partial charge on any atom is -0.330 e. The van der Waals surface area contributed by atoms with E-state index in [-0.39, 0.29) is 0 Å². The molecule has 2 aromatic heterocycles. The van der Waals surface area contributed by atoms with Crippen molar-refractivity contribution in [2.75, 3.05) is 0 Å². The molecule has 0 saturated carbocycles. The van der Waals surface area contributed by atoms with E-state index < -0.39 is 0 Å². The molecular weight excluding hydrogens is 245 g/mol. The number of aryl methyl sites for hydroxylation is 1. The van der Waals surface area contributed by atoms with Crippen LogP contribution in [0.4, 0.5) is 0 Å². The molecular formula is C11H11Cl2N3. The molecule has 0 aliphatic heterocycles. The zero-order chi connectivity index (χ0) is 11.5. The van der Waals surface area contributed by atoms with Crippen LogP contribution in [0.2, 0.25) is 10.2 Å². The van der Waals surface area contributed by atoms with Crippen molar-refractivity contribution < 1.29 is 0 Å². The molecule has 0 saturated heterocycles. The maximum Gasteiger partial charge on any atom is 0.130 e. The lowest BCUT2D eigenvalue weighted by Crippen LogP contribution is -2.04. The van der Waals surface area contributed by atoms with Gasteiger partial charge >= 0.3 is 0 Å². The Hall–Kier alpha value is -1.06. The second kappa shape index (κ2) is 4.85. The molecule has 0 unspecified atom stereocenters. The van der Waals surface area contributed by atoms with Crippen LogP contribution in [0.25, 0.3) is 0 Å². The van der Waals surface area contributed by atoms with Gasteiger partial charge in [-0.2, -0.15) is 0 Å². The number of halogens is 2. The molecule has 0 aliphatic rings. The van der Waals surface area contributed by atoms with E-state index >= 15 is 0 Å². The van der Waals surface area contributed by atoms with Gasteiger partial charge in [0.2, 0.25) is 0 Å².